The number of nitrogens with zero attached hydrogens (tertiary/aromatic N) is 4. The number of ether oxygens (including phenoxy) is 1. The minimum atomic E-state index is -0.927. The van der Waals surface area contributed by atoms with Crippen molar-refractivity contribution in [3.63, 3.8) is 0 Å². The van der Waals surface area contributed by atoms with Crippen molar-refractivity contribution in [1.82, 2.24) is 9.97 Å². The summed E-state index contributed by atoms with van der Waals surface area (Å²) >= 11 is 1.08. The van der Waals surface area contributed by atoms with Crippen molar-refractivity contribution in [2.24, 2.45) is 11.8 Å². The molecule has 3 aromatic rings. The molecule has 0 saturated carbocycles. The number of nitrogens with two attached hydrogens (primary N) is 1. The summed E-state index contributed by atoms with van der Waals surface area (Å²) in [5, 5.41) is 12.0. The normalized spacial score (nSPS) is 18.1. The molecule has 2 unspecified atom stereocenters. The second-order valence-corrected chi connectivity index (χ2v) is 13.7. The number of nitrogen functional groups attached to an aromatic ring is 1. The fraction of sp³-hybridized carbons (Fsp3) is 0.528. The van der Waals surface area contributed by atoms with Crippen LogP contribution in [0.2, 0.25) is 0 Å². The molecule has 0 radical (unpaired) electrons. The van der Waals surface area contributed by atoms with Crippen LogP contribution in [0.4, 0.5) is 19.7 Å². The van der Waals surface area contributed by atoms with Gasteiger partial charge in [-0.3, -0.25) is 0 Å². The average Bonchev–Trinajstić information content (AvgIpc) is 3.76. The summed E-state index contributed by atoms with van der Waals surface area (Å²) in [6, 6.07) is 2.22. The molecule has 10 heteroatoms. The van der Waals surface area contributed by atoms with Gasteiger partial charge in [0.25, 0.3) is 0 Å². The van der Waals surface area contributed by atoms with Crippen molar-refractivity contribution >= 4 is 59.1 Å². The summed E-state index contributed by atoms with van der Waals surface area (Å²) in [5.41, 5.74) is 12.3. The minimum absolute atomic E-state index is 0.0936. The number of alkyl halides is 1. The Labute approximate surface area is 280 Å². The van der Waals surface area contributed by atoms with Gasteiger partial charge in [-0.25, -0.2) is 18.7 Å². The van der Waals surface area contributed by atoms with Crippen LogP contribution in [-0.4, -0.2) is 29.2 Å². The molecule has 1 aromatic carbocycles. The molecule has 0 bridgehead atoms. The molecular formula is C36H50F2N5OPS. The number of fused-ring (bicyclic) bond motifs is 3. The predicted octanol–water partition coefficient (Wildman–Crippen LogP) is 9.50. The number of nitriles is 1. The number of benzene rings is 1. The van der Waals surface area contributed by atoms with E-state index in [4.69, 9.17) is 15.5 Å². The summed E-state index contributed by atoms with van der Waals surface area (Å²) < 4.78 is 35.5. The van der Waals surface area contributed by atoms with Crippen LogP contribution in [0.3, 0.4) is 0 Å². The van der Waals surface area contributed by atoms with Crippen LogP contribution in [0.25, 0.3) is 22.3 Å². The standard InChI is InChI=1S/C28H30F2N5OPS.C6H14.C2H6/c1-5-13(3)21(23-15(7-31)27(32)38-26(23)19(29)6-2)22-18-12-36-11-17(18)16-8-33-28(34-24(16)25(22)37)35-9-14(4)20(30)10-35;1-4-5-6(2)3;1-2/h6,8,14,20H,5,9-12,32,37H2,1-4H3;6H,4-5H2,1-3H3;1-2H3/b19-6+,21-13+;;/t14?,20-;;/m0../s1. The van der Waals surface area contributed by atoms with Gasteiger partial charge in [-0.05, 0) is 48.4 Å². The SMILES string of the molecule is C/C=C(/F)c1sc(N)c(C#N)c1/C(=C(\C)CC)c1c2c(c3cnc(N4CC(C)[C@@H](F)C4)nc3c1P)COC2.CC.CCCC(C)C. The van der Waals surface area contributed by atoms with E-state index in [2.05, 4.69) is 41.1 Å². The number of anilines is 2. The summed E-state index contributed by atoms with van der Waals surface area (Å²) in [4.78, 5) is 11.7. The number of allylic oxidation sites excluding steroid dienone is 2. The Morgan fingerprint density at radius 3 is 2.43 bits per heavy atom. The van der Waals surface area contributed by atoms with E-state index in [1.165, 1.54) is 18.9 Å². The summed E-state index contributed by atoms with van der Waals surface area (Å²) in [7, 11) is 2.81. The van der Waals surface area contributed by atoms with Gasteiger partial charge in [-0.1, -0.05) is 73.0 Å². The van der Waals surface area contributed by atoms with Crippen molar-refractivity contribution in [2.75, 3.05) is 23.7 Å². The van der Waals surface area contributed by atoms with Crippen LogP contribution in [0.5, 0.6) is 0 Å². The molecule has 250 valence electrons. The van der Waals surface area contributed by atoms with Crippen molar-refractivity contribution in [1.29, 1.82) is 5.26 Å². The lowest BCUT2D eigenvalue weighted by Gasteiger charge is -2.22. The Morgan fingerprint density at radius 1 is 1.24 bits per heavy atom. The highest BCUT2D eigenvalue weighted by Gasteiger charge is 2.33. The molecule has 6 nitrogen and oxygen atoms in total. The molecule has 2 aliphatic heterocycles. The molecule has 2 aromatic heterocycles. The van der Waals surface area contributed by atoms with Crippen molar-refractivity contribution < 1.29 is 13.5 Å². The molecule has 1 fully saturated rings. The van der Waals surface area contributed by atoms with Gasteiger partial charge in [0.05, 0.1) is 35.7 Å². The highest BCUT2D eigenvalue weighted by Crippen LogP contribution is 2.46. The van der Waals surface area contributed by atoms with Crippen LogP contribution in [0.1, 0.15) is 114 Å². The van der Waals surface area contributed by atoms with Crippen molar-refractivity contribution in [3.8, 4) is 6.07 Å². The monoisotopic (exact) mass is 669 g/mol. The van der Waals surface area contributed by atoms with E-state index in [1.807, 2.05) is 39.5 Å². The third kappa shape index (κ3) is 7.62. The van der Waals surface area contributed by atoms with Gasteiger partial charge >= 0.3 is 0 Å². The van der Waals surface area contributed by atoms with Crippen LogP contribution in [0, 0.1) is 23.2 Å². The van der Waals surface area contributed by atoms with E-state index < -0.39 is 12.0 Å². The Balaban J connectivity index is 0.000000648. The van der Waals surface area contributed by atoms with Crippen molar-refractivity contribution in [2.45, 2.75) is 101 Å². The maximum atomic E-state index is 15.2. The molecule has 0 amide bonds. The summed E-state index contributed by atoms with van der Waals surface area (Å²) in [6.07, 6.45) is 5.65. The zero-order chi connectivity index (χ0) is 34.3. The number of hydrogen-bond acceptors (Lipinski definition) is 7. The molecule has 4 heterocycles. The highest BCUT2D eigenvalue weighted by molar-refractivity contribution is 7.28. The van der Waals surface area contributed by atoms with Crippen LogP contribution in [0.15, 0.2) is 17.8 Å². The van der Waals surface area contributed by atoms with E-state index in [9.17, 15) is 9.65 Å². The number of hydrogen-bond donors (Lipinski definition) is 1. The average molecular weight is 670 g/mol. The second kappa shape index (κ2) is 16.8. The molecule has 1 saturated heterocycles. The number of rotatable bonds is 7. The second-order valence-electron chi connectivity index (χ2n) is 12.1. The zero-order valence-corrected chi connectivity index (χ0v) is 30.8. The quantitative estimate of drug-likeness (QED) is 0.252. The number of aromatic nitrogens is 2. The topological polar surface area (TPSA) is 88.1 Å². The molecule has 2 aliphatic rings. The Hall–Kier alpha value is -2.92. The molecule has 3 atom stereocenters. The molecule has 0 aliphatic carbocycles. The summed E-state index contributed by atoms with van der Waals surface area (Å²) in [5.74, 6) is 0.861. The van der Waals surface area contributed by atoms with E-state index in [1.54, 1.807) is 13.1 Å². The van der Waals surface area contributed by atoms with Crippen LogP contribution in [-0.2, 0) is 18.0 Å². The lowest BCUT2D eigenvalue weighted by atomic mass is 9.85. The van der Waals surface area contributed by atoms with Gasteiger partial charge in [0.2, 0.25) is 5.95 Å². The van der Waals surface area contributed by atoms with Crippen LogP contribution < -0.4 is 15.9 Å². The largest absolute Gasteiger partial charge is 0.389 e. The first-order chi connectivity index (χ1) is 22.0. The third-order valence-electron chi connectivity index (χ3n) is 8.43. The maximum Gasteiger partial charge on any atom is 0.226 e. The van der Waals surface area contributed by atoms with Gasteiger partial charge in [-0.2, -0.15) is 5.26 Å². The zero-order valence-electron chi connectivity index (χ0n) is 28.9. The molecular weight excluding hydrogens is 619 g/mol. The Kier molecular flexibility index (Phi) is 13.7. The minimum Gasteiger partial charge on any atom is -0.389 e. The van der Waals surface area contributed by atoms with E-state index in [0.29, 0.717) is 48.1 Å². The lowest BCUT2D eigenvalue weighted by molar-refractivity contribution is 0.135. The highest BCUT2D eigenvalue weighted by atomic mass is 32.1. The van der Waals surface area contributed by atoms with Gasteiger partial charge in [0.1, 0.15) is 23.1 Å². The predicted molar refractivity (Wildman–Crippen MR) is 195 cm³/mol. The Bertz CT molecular complexity index is 1630. The maximum absolute atomic E-state index is 15.2. The number of thiophene rings is 1. The van der Waals surface area contributed by atoms with Gasteiger partial charge < -0.3 is 15.4 Å². The molecule has 5 rings (SSSR count). The van der Waals surface area contributed by atoms with E-state index in [0.717, 1.165) is 55.8 Å². The van der Waals surface area contributed by atoms with Gasteiger partial charge in [0, 0.05) is 34.9 Å². The fourth-order valence-corrected chi connectivity index (χ4v) is 7.43. The van der Waals surface area contributed by atoms with Crippen LogP contribution >= 0.6 is 20.6 Å². The Morgan fingerprint density at radius 2 is 1.91 bits per heavy atom. The first-order valence-electron chi connectivity index (χ1n) is 16.4. The summed E-state index contributed by atoms with van der Waals surface area (Å²) in [6.45, 7) is 19.8. The lowest BCUT2D eigenvalue weighted by Crippen LogP contribution is -2.23. The van der Waals surface area contributed by atoms with Gasteiger partial charge in [0.15, 0.2) is 0 Å². The molecule has 46 heavy (non-hydrogen) atoms. The smallest absolute Gasteiger partial charge is 0.226 e. The first-order valence-corrected chi connectivity index (χ1v) is 17.8. The van der Waals surface area contributed by atoms with Crippen molar-refractivity contribution in [3.05, 3.63) is 50.5 Å². The molecule has 0 spiro atoms. The van der Waals surface area contributed by atoms with Gasteiger partial charge in [-0.15, -0.1) is 20.6 Å². The van der Waals surface area contributed by atoms with E-state index in [-0.39, 0.29) is 23.0 Å². The number of halogens is 2. The fourth-order valence-electron chi connectivity index (χ4n) is 5.90. The first kappa shape index (κ1) is 37.5. The van der Waals surface area contributed by atoms with E-state index >= 15 is 4.39 Å². The molecule has 2 N–H and O–H groups in total. The third-order valence-corrected chi connectivity index (χ3v) is 10.0.